The molecule has 102 valence electrons. The number of carbonyl (C=O) groups excluding carboxylic acids is 2. The van der Waals surface area contributed by atoms with Crippen molar-refractivity contribution in [3.8, 4) is 0 Å². The lowest BCUT2D eigenvalue weighted by Crippen LogP contribution is -2.46. The van der Waals surface area contributed by atoms with Crippen LogP contribution in [0.5, 0.6) is 0 Å². The standard InChI is InChI=1S/C13H16BrN3O2/c14-8-6-10(15-7-8)13(19)17-5-1-2-11(17)12(18)16-9-3-4-9/h6-7,9,11,15H,1-5H2,(H,16,18). The number of hydrogen-bond donors (Lipinski definition) is 2. The monoisotopic (exact) mass is 325 g/mol. The van der Waals surface area contributed by atoms with Crippen molar-refractivity contribution in [2.45, 2.75) is 37.8 Å². The minimum atomic E-state index is -0.310. The van der Waals surface area contributed by atoms with Gasteiger partial charge in [-0.3, -0.25) is 9.59 Å². The van der Waals surface area contributed by atoms with Crippen LogP contribution in [-0.2, 0) is 4.79 Å². The molecule has 1 saturated carbocycles. The Balaban J connectivity index is 1.71. The molecule has 19 heavy (non-hydrogen) atoms. The molecule has 0 radical (unpaired) electrons. The van der Waals surface area contributed by atoms with Crippen LogP contribution < -0.4 is 5.32 Å². The first-order chi connectivity index (χ1) is 9.15. The quantitative estimate of drug-likeness (QED) is 0.887. The van der Waals surface area contributed by atoms with Gasteiger partial charge in [-0.15, -0.1) is 0 Å². The first-order valence-electron chi connectivity index (χ1n) is 6.60. The van der Waals surface area contributed by atoms with Crippen LogP contribution in [0.25, 0.3) is 0 Å². The van der Waals surface area contributed by atoms with Crippen molar-refractivity contribution in [3.63, 3.8) is 0 Å². The molecule has 5 nitrogen and oxygen atoms in total. The van der Waals surface area contributed by atoms with E-state index in [0.29, 0.717) is 18.3 Å². The molecule has 0 aromatic carbocycles. The largest absolute Gasteiger partial charge is 0.356 e. The van der Waals surface area contributed by atoms with E-state index in [-0.39, 0.29) is 17.9 Å². The van der Waals surface area contributed by atoms with Crippen molar-refractivity contribution in [2.75, 3.05) is 6.54 Å². The van der Waals surface area contributed by atoms with Gasteiger partial charge in [0, 0.05) is 23.3 Å². The molecule has 2 aliphatic rings. The van der Waals surface area contributed by atoms with Crippen LogP contribution in [0.1, 0.15) is 36.2 Å². The van der Waals surface area contributed by atoms with E-state index >= 15 is 0 Å². The highest BCUT2D eigenvalue weighted by molar-refractivity contribution is 9.10. The molecule has 2 N–H and O–H groups in total. The number of aromatic nitrogens is 1. The molecule has 3 rings (SSSR count). The number of nitrogens with one attached hydrogen (secondary N) is 2. The van der Waals surface area contributed by atoms with Gasteiger partial charge >= 0.3 is 0 Å². The second kappa shape index (κ2) is 5.00. The summed E-state index contributed by atoms with van der Waals surface area (Å²) in [7, 11) is 0. The van der Waals surface area contributed by atoms with E-state index < -0.39 is 0 Å². The molecular weight excluding hydrogens is 310 g/mol. The minimum Gasteiger partial charge on any atom is -0.356 e. The number of H-pyrrole nitrogens is 1. The molecule has 1 unspecified atom stereocenters. The van der Waals surface area contributed by atoms with Gasteiger partial charge in [0.05, 0.1) is 0 Å². The fraction of sp³-hybridized carbons (Fsp3) is 0.538. The maximum Gasteiger partial charge on any atom is 0.270 e. The van der Waals surface area contributed by atoms with Crippen LogP contribution >= 0.6 is 15.9 Å². The molecule has 1 saturated heterocycles. The third-order valence-corrected chi connectivity index (χ3v) is 4.08. The SMILES string of the molecule is O=C(NC1CC1)C1CCCN1C(=O)c1cc(Br)c[nH]1. The van der Waals surface area contributed by atoms with E-state index in [4.69, 9.17) is 0 Å². The predicted molar refractivity (Wildman–Crippen MR) is 73.7 cm³/mol. The summed E-state index contributed by atoms with van der Waals surface area (Å²) in [6, 6.07) is 1.77. The van der Waals surface area contributed by atoms with E-state index in [0.717, 1.165) is 30.2 Å². The van der Waals surface area contributed by atoms with Crippen LogP contribution in [-0.4, -0.2) is 40.3 Å². The summed E-state index contributed by atoms with van der Waals surface area (Å²) in [5, 5.41) is 2.99. The number of rotatable bonds is 3. The van der Waals surface area contributed by atoms with Gasteiger partial charge in [-0.1, -0.05) is 0 Å². The van der Waals surface area contributed by atoms with Crippen molar-refractivity contribution in [1.29, 1.82) is 0 Å². The lowest BCUT2D eigenvalue weighted by Gasteiger charge is -2.23. The number of carbonyl (C=O) groups is 2. The Kier molecular flexibility index (Phi) is 3.35. The van der Waals surface area contributed by atoms with Crippen LogP contribution in [0, 0.1) is 0 Å². The Hall–Kier alpha value is -1.30. The second-order valence-electron chi connectivity index (χ2n) is 5.17. The van der Waals surface area contributed by atoms with Crippen LogP contribution in [0.4, 0.5) is 0 Å². The Morgan fingerprint density at radius 3 is 2.79 bits per heavy atom. The first kappa shape index (κ1) is 12.7. The average molecular weight is 326 g/mol. The minimum absolute atomic E-state index is 0.000952. The Morgan fingerprint density at radius 2 is 2.16 bits per heavy atom. The molecule has 1 aliphatic heterocycles. The van der Waals surface area contributed by atoms with Crippen molar-refractivity contribution in [2.24, 2.45) is 0 Å². The molecule has 2 heterocycles. The van der Waals surface area contributed by atoms with Gasteiger partial charge in [0.25, 0.3) is 5.91 Å². The van der Waals surface area contributed by atoms with Gasteiger partial charge < -0.3 is 15.2 Å². The maximum atomic E-state index is 12.4. The van der Waals surface area contributed by atoms with E-state index in [1.54, 1.807) is 17.2 Å². The van der Waals surface area contributed by atoms with Gasteiger partial charge in [-0.25, -0.2) is 0 Å². The number of amides is 2. The Morgan fingerprint density at radius 1 is 1.37 bits per heavy atom. The summed E-state index contributed by atoms with van der Waals surface area (Å²) in [4.78, 5) is 29.1. The van der Waals surface area contributed by atoms with Gasteiger partial charge in [-0.05, 0) is 47.7 Å². The predicted octanol–water partition coefficient (Wildman–Crippen LogP) is 1.66. The third kappa shape index (κ3) is 2.68. The molecule has 6 heteroatoms. The number of likely N-dealkylation sites (tertiary alicyclic amines) is 1. The fourth-order valence-corrected chi connectivity index (χ4v) is 2.80. The topological polar surface area (TPSA) is 65.2 Å². The van der Waals surface area contributed by atoms with Gasteiger partial charge in [0.2, 0.25) is 5.91 Å². The summed E-state index contributed by atoms with van der Waals surface area (Å²) in [5.74, 6) is -0.0990. The van der Waals surface area contributed by atoms with Crippen LogP contribution in [0.2, 0.25) is 0 Å². The lowest BCUT2D eigenvalue weighted by molar-refractivity contribution is -0.125. The molecule has 1 atom stereocenters. The van der Waals surface area contributed by atoms with Crippen LogP contribution in [0.3, 0.4) is 0 Å². The van der Waals surface area contributed by atoms with Crippen molar-refractivity contribution in [3.05, 3.63) is 22.4 Å². The Bertz CT molecular complexity index is 510. The second-order valence-corrected chi connectivity index (χ2v) is 6.09. The molecule has 1 aromatic heterocycles. The first-order valence-corrected chi connectivity index (χ1v) is 7.40. The highest BCUT2D eigenvalue weighted by atomic mass is 79.9. The van der Waals surface area contributed by atoms with E-state index in [9.17, 15) is 9.59 Å². The third-order valence-electron chi connectivity index (χ3n) is 3.62. The zero-order valence-corrected chi connectivity index (χ0v) is 12.1. The maximum absolute atomic E-state index is 12.4. The summed E-state index contributed by atoms with van der Waals surface area (Å²) in [5.41, 5.74) is 0.526. The zero-order chi connectivity index (χ0) is 13.4. The van der Waals surface area contributed by atoms with Crippen LogP contribution in [0.15, 0.2) is 16.7 Å². The number of nitrogens with zero attached hydrogens (tertiary/aromatic N) is 1. The van der Waals surface area contributed by atoms with Gasteiger partial charge in [-0.2, -0.15) is 0 Å². The highest BCUT2D eigenvalue weighted by Gasteiger charge is 2.37. The highest BCUT2D eigenvalue weighted by Crippen LogP contribution is 2.24. The van der Waals surface area contributed by atoms with Gasteiger partial charge in [0.1, 0.15) is 11.7 Å². The average Bonchev–Trinajstić information content (AvgIpc) is 2.92. The normalized spacial score (nSPS) is 22.6. The van der Waals surface area contributed by atoms with Crippen molar-refractivity contribution in [1.82, 2.24) is 15.2 Å². The molecule has 2 fully saturated rings. The van der Waals surface area contributed by atoms with Gasteiger partial charge in [0.15, 0.2) is 0 Å². The van der Waals surface area contributed by atoms with E-state index in [2.05, 4.69) is 26.2 Å². The lowest BCUT2D eigenvalue weighted by atomic mass is 10.2. The summed E-state index contributed by atoms with van der Waals surface area (Å²) >= 11 is 3.31. The molecule has 2 amide bonds. The molecule has 1 aliphatic carbocycles. The Labute approximate surface area is 119 Å². The number of hydrogen-bond acceptors (Lipinski definition) is 2. The zero-order valence-electron chi connectivity index (χ0n) is 10.5. The molecule has 0 bridgehead atoms. The number of aromatic amines is 1. The fourth-order valence-electron chi connectivity index (χ4n) is 2.45. The summed E-state index contributed by atoms with van der Waals surface area (Å²) in [6.07, 6.45) is 5.50. The van der Waals surface area contributed by atoms with Crippen molar-refractivity contribution >= 4 is 27.7 Å². The molecular formula is C13H16BrN3O2. The van der Waals surface area contributed by atoms with E-state index in [1.165, 1.54) is 0 Å². The van der Waals surface area contributed by atoms with E-state index in [1.807, 2.05) is 0 Å². The molecule has 0 spiro atoms. The smallest absolute Gasteiger partial charge is 0.270 e. The molecule has 1 aromatic rings. The number of halogens is 1. The summed E-state index contributed by atoms with van der Waals surface area (Å²) in [6.45, 7) is 0.651. The van der Waals surface area contributed by atoms with Crippen molar-refractivity contribution < 1.29 is 9.59 Å². The summed E-state index contributed by atoms with van der Waals surface area (Å²) < 4.78 is 0.842.